The Bertz CT molecular complexity index is 158. The lowest BCUT2D eigenvalue weighted by Gasteiger charge is -1.90. The van der Waals surface area contributed by atoms with Gasteiger partial charge in [-0.3, -0.25) is 0 Å². The molecule has 0 aromatic heterocycles. The Kier molecular flexibility index (Phi) is 5.38. The first-order chi connectivity index (χ1) is 3.50. The monoisotopic (exact) mass is 155 g/mol. The van der Waals surface area contributed by atoms with E-state index < -0.39 is 10.1 Å². The van der Waals surface area contributed by atoms with Crippen LogP contribution in [-0.4, -0.2) is 19.2 Å². The quantitative estimate of drug-likeness (QED) is 0.498. The summed E-state index contributed by atoms with van der Waals surface area (Å²) in [6.45, 7) is 0. The van der Waals surface area contributed by atoms with Crippen molar-refractivity contribution in [3.63, 3.8) is 0 Å². The predicted octanol–water partition coefficient (Wildman–Crippen LogP) is 0.0254. The van der Waals surface area contributed by atoms with Crippen molar-refractivity contribution in [1.82, 2.24) is 6.15 Å². The summed E-state index contributed by atoms with van der Waals surface area (Å²) < 4.78 is 31.5. The van der Waals surface area contributed by atoms with Gasteiger partial charge in [-0.15, -0.1) is 0 Å². The first kappa shape index (κ1) is 11.2. The van der Waals surface area contributed by atoms with Crippen molar-refractivity contribution >= 4 is 10.1 Å². The predicted molar refractivity (Wildman–Crippen MR) is 31.8 cm³/mol. The Balaban J connectivity index is 0. The van der Waals surface area contributed by atoms with E-state index in [1.54, 1.807) is 12.5 Å². The average molecular weight is 155 g/mol. The van der Waals surface area contributed by atoms with Gasteiger partial charge < -0.3 is 15.4 Å². The fourth-order valence-electron chi connectivity index (χ4n) is 0. The summed E-state index contributed by atoms with van der Waals surface area (Å²) in [7, 11) is -3.92. The highest BCUT2D eigenvalue weighted by atomic mass is 32.2. The van der Waals surface area contributed by atoms with E-state index in [0.29, 0.717) is 6.26 Å². The van der Waals surface area contributed by atoms with Crippen LogP contribution < -0.4 is 6.15 Å². The van der Waals surface area contributed by atoms with Crippen LogP contribution in [-0.2, 0) is 14.9 Å². The molecule has 0 amide bonds. The molecule has 1 heterocycles. The summed E-state index contributed by atoms with van der Waals surface area (Å²) in [5.74, 6) is 0. The molecule has 0 radical (unpaired) electrons. The molecule has 0 saturated heterocycles. The molecule has 1 aliphatic rings. The third-order valence-corrected chi connectivity index (χ3v) is 0.136. The van der Waals surface area contributed by atoms with Crippen molar-refractivity contribution in [1.29, 1.82) is 0 Å². The van der Waals surface area contributed by atoms with Gasteiger partial charge in [0.05, 0.1) is 10.1 Å². The molecule has 9 heavy (non-hydrogen) atoms. The van der Waals surface area contributed by atoms with Crippen molar-refractivity contribution in [3.8, 4) is 0 Å². The summed E-state index contributed by atoms with van der Waals surface area (Å²) in [4.78, 5) is 0. The molecule has 0 aliphatic carbocycles. The fraction of sp³-hybridized carbons (Fsp3) is 0.333. The topological polar surface area (TPSA) is 106 Å². The lowest BCUT2D eigenvalue weighted by Crippen LogP contribution is -1.88. The van der Waals surface area contributed by atoms with E-state index in [-0.39, 0.29) is 6.15 Å². The minimum Gasteiger partial charge on any atom is -0.748 e. The third kappa shape index (κ3) is 1290. The maximum Gasteiger partial charge on any atom is 0.125 e. The van der Waals surface area contributed by atoms with Gasteiger partial charge in [-0.2, -0.15) is 0 Å². The number of hydrogen-bond donors (Lipinski definition) is 1. The van der Waals surface area contributed by atoms with Gasteiger partial charge in [0.15, 0.2) is 0 Å². The molecule has 0 saturated carbocycles. The van der Waals surface area contributed by atoms with E-state index in [1.165, 1.54) is 0 Å². The zero-order chi connectivity index (χ0) is 6.62. The summed E-state index contributed by atoms with van der Waals surface area (Å²) in [5.41, 5.74) is 0. The zero-order valence-electron chi connectivity index (χ0n) is 5.20. The second-order valence-corrected chi connectivity index (χ2v) is 2.52. The van der Waals surface area contributed by atoms with Crippen LogP contribution in [0.5, 0.6) is 0 Å². The van der Waals surface area contributed by atoms with Gasteiger partial charge in [-0.1, -0.05) is 0 Å². The van der Waals surface area contributed by atoms with Gasteiger partial charge in [0, 0.05) is 6.26 Å². The highest BCUT2D eigenvalue weighted by Crippen LogP contribution is 1.89. The Morgan fingerprint density at radius 2 is 1.56 bits per heavy atom. The van der Waals surface area contributed by atoms with Crippen molar-refractivity contribution < 1.29 is 17.7 Å². The zero-order valence-corrected chi connectivity index (χ0v) is 6.01. The first-order valence-electron chi connectivity index (χ1n) is 1.71. The van der Waals surface area contributed by atoms with E-state index in [9.17, 15) is 0 Å². The first-order valence-corrected chi connectivity index (χ1v) is 3.53. The molecule has 5 nitrogen and oxygen atoms in total. The van der Waals surface area contributed by atoms with Crippen LogP contribution in [0.2, 0.25) is 0 Å². The van der Waals surface area contributed by atoms with Gasteiger partial charge in [-0.05, 0) is 0 Å². The maximum atomic E-state index is 9.08. The van der Waals surface area contributed by atoms with E-state index in [2.05, 4.69) is 4.74 Å². The van der Waals surface area contributed by atoms with Gasteiger partial charge in [0.1, 0.15) is 12.5 Å². The second kappa shape index (κ2) is 4.30. The standard InChI is InChI=1S/C2H2O.CH4O3S.H3N/c1-2-3-1;1-5(2,3)4;/h1-2H;1H3,(H,2,3,4);1H3. The largest absolute Gasteiger partial charge is 0.748 e. The minimum absolute atomic E-state index is 0. The van der Waals surface area contributed by atoms with E-state index in [1.807, 2.05) is 0 Å². The van der Waals surface area contributed by atoms with Crippen molar-refractivity contribution in [2.75, 3.05) is 6.26 Å². The lowest BCUT2D eigenvalue weighted by atomic mass is 11.3. The van der Waals surface area contributed by atoms with Crippen molar-refractivity contribution in [3.05, 3.63) is 12.5 Å². The average Bonchev–Trinajstić information content (AvgIpc) is 1.95. The van der Waals surface area contributed by atoms with Crippen LogP contribution in [0.15, 0.2) is 12.5 Å². The highest BCUT2D eigenvalue weighted by molar-refractivity contribution is 7.84. The number of rotatable bonds is 0. The van der Waals surface area contributed by atoms with Crippen molar-refractivity contribution in [2.45, 2.75) is 0 Å². The van der Waals surface area contributed by atoms with Gasteiger partial charge in [0.2, 0.25) is 0 Å². The Labute approximate surface area is 53.7 Å². The number of quaternary nitrogens is 1. The van der Waals surface area contributed by atoms with Crippen LogP contribution in [0.3, 0.4) is 0 Å². The third-order valence-electron chi connectivity index (χ3n) is 0.136. The lowest BCUT2D eigenvalue weighted by molar-refractivity contribution is 0.470. The number of ether oxygens (including phenoxy) is 1. The molecule has 0 spiro atoms. The Morgan fingerprint density at radius 3 is 1.56 bits per heavy atom. The fourth-order valence-corrected chi connectivity index (χ4v) is 0. The SMILES string of the molecule is C1=CO1.CS(=O)(=O)[O-].[NH4+]. The van der Waals surface area contributed by atoms with Crippen LogP contribution in [0.1, 0.15) is 0 Å². The molecule has 0 unspecified atom stereocenters. The van der Waals surface area contributed by atoms with Gasteiger partial charge in [-0.25, -0.2) is 8.42 Å². The molecule has 0 atom stereocenters. The molecule has 1 rings (SSSR count). The molecule has 1 aliphatic heterocycles. The summed E-state index contributed by atoms with van der Waals surface area (Å²) in [6.07, 6.45) is 3.85. The van der Waals surface area contributed by atoms with E-state index >= 15 is 0 Å². The molecular weight excluding hydrogens is 146 g/mol. The normalized spacial score (nSPS) is 11.8. The van der Waals surface area contributed by atoms with Crippen molar-refractivity contribution in [2.24, 2.45) is 0 Å². The molecule has 0 bridgehead atoms. The Morgan fingerprint density at radius 1 is 1.44 bits per heavy atom. The smallest absolute Gasteiger partial charge is 0.125 e. The minimum atomic E-state index is -3.92. The summed E-state index contributed by atoms with van der Waals surface area (Å²) in [5, 5.41) is 0. The molecule has 0 aromatic carbocycles. The maximum absolute atomic E-state index is 9.08. The van der Waals surface area contributed by atoms with Gasteiger partial charge >= 0.3 is 0 Å². The van der Waals surface area contributed by atoms with Crippen LogP contribution in [0, 0.1) is 0 Å². The molecule has 0 aromatic rings. The van der Waals surface area contributed by atoms with E-state index in [0.717, 1.165) is 0 Å². The second-order valence-electron chi connectivity index (χ2n) is 1.11. The summed E-state index contributed by atoms with van der Waals surface area (Å²) >= 11 is 0. The molecule has 4 N–H and O–H groups in total. The Hall–Kier alpha value is -0.590. The van der Waals surface area contributed by atoms with E-state index in [4.69, 9.17) is 13.0 Å². The molecule has 0 fully saturated rings. The van der Waals surface area contributed by atoms with Gasteiger partial charge in [0.25, 0.3) is 0 Å². The molecule has 6 heteroatoms. The van der Waals surface area contributed by atoms with Crippen LogP contribution >= 0.6 is 0 Å². The molecular formula is C3H9NO4S. The summed E-state index contributed by atoms with van der Waals surface area (Å²) in [6, 6.07) is 0. The highest BCUT2D eigenvalue weighted by Gasteiger charge is 1.74. The number of hydrogen-bond acceptors (Lipinski definition) is 4. The van der Waals surface area contributed by atoms with Crippen LogP contribution in [0.25, 0.3) is 0 Å². The van der Waals surface area contributed by atoms with Crippen LogP contribution in [0.4, 0.5) is 0 Å². The molecule has 56 valence electrons.